The second-order valence-corrected chi connectivity index (χ2v) is 6.79. The van der Waals surface area contributed by atoms with Crippen LogP contribution in [0.3, 0.4) is 0 Å². The number of ether oxygens (including phenoxy) is 1. The molecule has 0 N–H and O–H groups in total. The van der Waals surface area contributed by atoms with E-state index in [-0.39, 0.29) is 0 Å². The molecule has 0 amide bonds. The summed E-state index contributed by atoms with van der Waals surface area (Å²) in [6, 6.07) is 1.38. The minimum absolute atomic E-state index is 0.519. The molecule has 2 rings (SSSR count). The summed E-state index contributed by atoms with van der Waals surface area (Å²) in [7, 11) is 0. The third-order valence-corrected chi connectivity index (χ3v) is 4.80. The predicted molar refractivity (Wildman–Crippen MR) is 80.5 cm³/mol. The zero-order valence-electron chi connectivity index (χ0n) is 13.3. The average molecular weight is 268 g/mol. The normalized spacial score (nSPS) is 25.6. The Bertz CT molecular complexity index is 225. The second-order valence-electron chi connectivity index (χ2n) is 6.79. The van der Waals surface area contributed by atoms with Crippen molar-refractivity contribution in [2.24, 2.45) is 0 Å². The molecular formula is C16H32N2O. The van der Waals surface area contributed by atoms with Gasteiger partial charge >= 0.3 is 0 Å². The van der Waals surface area contributed by atoms with Gasteiger partial charge in [-0.3, -0.25) is 0 Å². The van der Waals surface area contributed by atoms with Crippen molar-refractivity contribution in [2.45, 2.75) is 77.7 Å². The molecule has 2 aliphatic heterocycles. The number of hydrogen-bond donors (Lipinski definition) is 0. The molecule has 0 unspecified atom stereocenters. The minimum Gasteiger partial charge on any atom is -0.375 e. The summed E-state index contributed by atoms with van der Waals surface area (Å²) in [5.74, 6) is 0. The van der Waals surface area contributed by atoms with Crippen LogP contribution < -0.4 is 0 Å². The van der Waals surface area contributed by atoms with E-state index in [1.54, 1.807) is 0 Å². The Balaban J connectivity index is 1.67. The summed E-state index contributed by atoms with van der Waals surface area (Å²) in [5.41, 5.74) is 0. The van der Waals surface area contributed by atoms with Crippen molar-refractivity contribution in [1.29, 1.82) is 0 Å². The molecule has 2 heterocycles. The molecule has 0 aliphatic carbocycles. The molecule has 112 valence electrons. The quantitative estimate of drug-likeness (QED) is 0.780. The highest BCUT2D eigenvalue weighted by molar-refractivity contribution is 4.79. The van der Waals surface area contributed by atoms with E-state index in [0.717, 1.165) is 0 Å². The molecule has 0 saturated carbocycles. The fourth-order valence-corrected chi connectivity index (χ4v) is 3.33. The standard InChI is InChI=1S/C16H32N2O/c1-13(2)17-9-5-15(6-10-17)19-16-7-11-18(12-8-16)14(3)4/h13-16H,5-12H2,1-4H3. The first-order chi connectivity index (χ1) is 9.06. The number of piperidine rings is 2. The van der Waals surface area contributed by atoms with E-state index in [1.165, 1.54) is 51.9 Å². The smallest absolute Gasteiger partial charge is 0.0603 e. The molecule has 2 aliphatic rings. The van der Waals surface area contributed by atoms with Crippen LogP contribution in [0, 0.1) is 0 Å². The molecule has 0 radical (unpaired) electrons. The van der Waals surface area contributed by atoms with Gasteiger partial charge in [-0.15, -0.1) is 0 Å². The molecule has 0 aromatic rings. The monoisotopic (exact) mass is 268 g/mol. The predicted octanol–water partition coefficient (Wildman–Crippen LogP) is 2.75. The molecule has 19 heavy (non-hydrogen) atoms. The third kappa shape index (κ3) is 4.44. The minimum atomic E-state index is 0.519. The van der Waals surface area contributed by atoms with Crippen molar-refractivity contribution in [3.63, 3.8) is 0 Å². The Morgan fingerprint density at radius 2 is 1.00 bits per heavy atom. The van der Waals surface area contributed by atoms with E-state index in [4.69, 9.17) is 4.74 Å². The lowest BCUT2D eigenvalue weighted by Crippen LogP contribution is -2.45. The summed E-state index contributed by atoms with van der Waals surface area (Å²) in [6.07, 6.45) is 5.94. The number of hydrogen-bond acceptors (Lipinski definition) is 3. The fraction of sp³-hybridized carbons (Fsp3) is 1.00. The van der Waals surface area contributed by atoms with Gasteiger partial charge in [0, 0.05) is 38.3 Å². The summed E-state index contributed by atoms with van der Waals surface area (Å²) >= 11 is 0. The van der Waals surface area contributed by atoms with Gasteiger partial charge in [-0.2, -0.15) is 0 Å². The zero-order valence-corrected chi connectivity index (χ0v) is 13.3. The highest BCUT2D eigenvalue weighted by Crippen LogP contribution is 2.22. The van der Waals surface area contributed by atoms with Crippen LogP contribution in [-0.2, 0) is 4.74 Å². The lowest BCUT2D eigenvalue weighted by Gasteiger charge is -2.39. The van der Waals surface area contributed by atoms with Crippen molar-refractivity contribution in [2.75, 3.05) is 26.2 Å². The molecule has 0 aromatic carbocycles. The van der Waals surface area contributed by atoms with E-state index < -0.39 is 0 Å². The molecule has 0 spiro atoms. The molecule has 0 bridgehead atoms. The Kier molecular flexibility index (Phi) is 5.67. The van der Waals surface area contributed by atoms with Crippen LogP contribution in [0.2, 0.25) is 0 Å². The van der Waals surface area contributed by atoms with E-state index in [1.807, 2.05) is 0 Å². The maximum absolute atomic E-state index is 6.34. The first kappa shape index (κ1) is 15.3. The first-order valence-electron chi connectivity index (χ1n) is 8.20. The summed E-state index contributed by atoms with van der Waals surface area (Å²) in [6.45, 7) is 14.0. The van der Waals surface area contributed by atoms with Gasteiger partial charge in [-0.25, -0.2) is 0 Å². The lowest BCUT2D eigenvalue weighted by atomic mass is 10.0. The van der Waals surface area contributed by atoms with Gasteiger partial charge < -0.3 is 14.5 Å². The topological polar surface area (TPSA) is 15.7 Å². The molecule has 0 atom stereocenters. The highest BCUT2D eigenvalue weighted by atomic mass is 16.5. The largest absolute Gasteiger partial charge is 0.375 e. The number of likely N-dealkylation sites (tertiary alicyclic amines) is 2. The van der Waals surface area contributed by atoms with Crippen molar-refractivity contribution in [1.82, 2.24) is 9.80 Å². The maximum Gasteiger partial charge on any atom is 0.0603 e. The molecule has 2 fully saturated rings. The molecule has 3 heteroatoms. The lowest BCUT2D eigenvalue weighted by molar-refractivity contribution is -0.0698. The Morgan fingerprint density at radius 1 is 0.684 bits per heavy atom. The van der Waals surface area contributed by atoms with Gasteiger partial charge in [0.15, 0.2) is 0 Å². The van der Waals surface area contributed by atoms with Crippen molar-refractivity contribution < 1.29 is 4.74 Å². The van der Waals surface area contributed by atoms with Gasteiger partial charge in [-0.05, 0) is 53.4 Å². The summed E-state index contributed by atoms with van der Waals surface area (Å²) in [4.78, 5) is 5.14. The van der Waals surface area contributed by atoms with E-state index in [0.29, 0.717) is 24.3 Å². The van der Waals surface area contributed by atoms with E-state index >= 15 is 0 Å². The second kappa shape index (κ2) is 7.05. The van der Waals surface area contributed by atoms with Crippen molar-refractivity contribution >= 4 is 0 Å². The maximum atomic E-state index is 6.34. The summed E-state index contributed by atoms with van der Waals surface area (Å²) in [5, 5.41) is 0. The molecule has 2 saturated heterocycles. The van der Waals surface area contributed by atoms with Crippen LogP contribution in [0.1, 0.15) is 53.4 Å². The van der Waals surface area contributed by atoms with Gasteiger partial charge in [0.1, 0.15) is 0 Å². The van der Waals surface area contributed by atoms with Crippen LogP contribution >= 0.6 is 0 Å². The zero-order chi connectivity index (χ0) is 13.8. The average Bonchev–Trinajstić information content (AvgIpc) is 2.40. The van der Waals surface area contributed by atoms with Crippen molar-refractivity contribution in [3.05, 3.63) is 0 Å². The van der Waals surface area contributed by atoms with Gasteiger partial charge in [0.2, 0.25) is 0 Å². The van der Waals surface area contributed by atoms with Crippen LogP contribution in [-0.4, -0.2) is 60.3 Å². The Morgan fingerprint density at radius 3 is 1.26 bits per heavy atom. The van der Waals surface area contributed by atoms with Crippen molar-refractivity contribution in [3.8, 4) is 0 Å². The number of nitrogens with zero attached hydrogens (tertiary/aromatic N) is 2. The van der Waals surface area contributed by atoms with Crippen LogP contribution in [0.5, 0.6) is 0 Å². The molecule has 3 nitrogen and oxygen atoms in total. The Hall–Kier alpha value is -0.120. The molecule has 0 aromatic heterocycles. The van der Waals surface area contributed by atoms with Crippen LogP contribution in [0.4, 0.5) is 0 Å². The van der Waals surface area contributed by atoms with E-state index in [9.17, 15) is 0 Å². The summed E-state index contributed by atoms with van der Waals surface area (Å²) < 4.78 is 6.34. The number of rotatable bonds is 4. The van der Waals surface area contributed by atoms with Gasteiger partial charge in [-0.1, -0.05) is 0 Å². The molecular weight excluding hydrogens is 236 g/mol. The van der Waals surface area contributed by atoms with Crippen LogP contribution in [0.15, 0.2) is 0 Å². The van der Waals surface area contributed by atoms with Crippen LogP contribution in [0.25, 0.3) is 0 Å². The van der Waals surface area contributed by atoms with Gasteiger partial charge in [0.05, 0.1) is 12.2 Å². The highest BCUT2D eigenvalue weighted by Gasteiger charge is 2.26. The Labute approximate surface area is 119 Å². The first-order valence-corrected chi connectivity index (χ1v) is 8.20. The SMILES string of the molecule is CC(C)N1CCC(OC2CCN(C(C)C)CC2)CC1. The van der Waals surface area contributed by atoms with Gasteiger partial charge in [0.25, 0.3) is 0 Å². The third-order valence-electron chi connectivity index (χ3n) is 4.80. The fourth-order valence-electron chi connectivity index (χ4n) is 3.33. The van der Waals surface area contributed by atoms with E-state index in [2.05, 4.69) is 37.5 Å².